The predicted molar refractivity (Wildman–Crippen MR) is 86.7 cm³/mol. The van der Waals surface area contributed by atoms with Crippen LogP contribution in [0.1, 0.15) is 64.6 Å². The quantitative estimate of drug-likeness (QED) is 0.843. The van der Waals surface area contributed by atoms with E-state index in [1.807, 2.05) is 0 Å². The summed E-state index contributed by atoms with van der Waals surface area (Å²) in [5, 5.41) is 6.77. The van der Waals surface area contributed by atoms with Gasteiger partial charge in [0.15, 0.2) is 5.82 Å². The Morgan fingerprint density at radius 3 is 2.74 bits per heavy atom. The Bertz CT molecular complexity index is 507. The van der Waals surface area contributed by atoms with Gasteiger partial charge < -0.3 is 14.6 Å². The van der Waals surface area contributed by atoms with E-state index in [0.29, 0.717) is 17.1 Å². The van der Waals surface area contributed by atoms with Crippen LogP contribution in [0.2, 0.25) is 0 Å². The number of carbonyl (C=O) groups is 1. The lowest BCUT2D eigenvalue weighted by Gasteiger charge is -2.29. The fraction of sp³-hybridized carbons (Fsp3) is 0.824. The van der Waals surface area contributed by atoms with Crippen molar-refractivity contribution < 1.29 is 14.1 Å². The van der Waals surface area contributed by atoms with E-state index in [-0.39, 0.29) is 25.2 Å². The number of aryl methyl sites for hydroxylation is 1. The fourth-order valence-corrected chi connectivity index (χ4v) is 3.21. The van der Waals surface area contributed by atoms with Crippen molar-refractivity contribution in [1.82, 2.24) is 15.5 Å². The highest BCUT2D eigenvalue weighted by atomic mass is 16.5. The van der Waals surface area contributed by atoms with Gasteiger partial charge in [0.1, 0.15) is 13.2 Å². The van der Waals surface area contributed by atoms with Gasteiger partial charge >= 0.3 is 0 Å². The molecule has 1 aliphatic rings. The number of ether oxygens (including phenoxy) is 1. The molecule has 6 heteroatoms. The van der Waals surface area contributed by atoms with Crippen LogP contribution in [0.3, 0.4) is 0 Å². The Morgan fingerprint density at radius 1 is 1.30 bits per heavy atom. The monoisotopic (exact) mass is 323 g/mol. The molecule has 0 aliphatic heterocycles. The Hall–Kier alpha value is -1.43. The summed E-state index contributed by atoms with van der Waals surface area (Å²) in [5.41, 5.74) is 0.351. The molecule has 1 amide bonds. The van der Waals surface area contributed by atoms with Crippen LogP contribution in [-0.4, -0.2) is 28.7 Å². The summed E-state index contributed by atoms with van der Waals surface area (Å²) in [6.45, 7) is 8.87. The van der Waals surface area contributed by atoms with Crippen molar-refractivity contribution in [3.05, 3.63) is 11.7 Å². The van der Waals surface area contributed by atoms with Gasteiger partial charge in [0.25, 0.3) is 5.89 Å². The number of nitrogens with zero attached hydrogens (tertiary/aromatic N) is 2. The van der Waals surface area contributed by atoms with Gasteiger partial charge in [-0.3, -0.25) is 4.79 Å². The molecule has 2 rings (SSSR count). The summed E-state index contributed by atoms with van der Waals surface area (Å²) < 4.78 is 10.3. The number of hydrogen-bond acceptors (Lipinski definition) is 5. The van der Waals surface area contributed by atoms with Crippen LogP contribution < -0.4 is 5.32 Å². The third-order valence-electron chi connectivity index (χ3n) is 4.59. The predicted octanol–water partition coefficient (Wildman–Crippen LogP) is 3.01. The molecule has 23 heavy (non-hydrogen) atoms. The Balaban J connectivity index is 1.68. The number of nitrogens with one attached hydrogen (secondary N) is 1. The zero-order valence-electron chi connectivity index (χ0n) is 14.7. The number of rotatable bonds is 5. The van der Waals surface area contributed by atoms with Gasteiger partial charge in [-0.2, -0.15) is 4.98 Å². The van der Waals surface area contributed by atoms with Crippen LogP contribution in [0.5, 0.6) is 0 Å². The highest BCUT2D eigenvalue weighted by Gasteiger charge is 2.28. The maximum absolute atomic E-state index is 12.0. The standard InChI is InChI=1S/C17H29N3O3/c1-12-18-16(23-20-12)11-22-10-15(21)19-14-7-5-6-13(8-9-14)17(2,3)4/h13-14H,5-11H2,1-4H3,(H,19,21)/t13-,14-/m0/s1. The first-order chi connectivity index (χ1) is 10.8. The molecule has 1 fully saturated rings. The zero-order valence-corrected chi connectivity index (χ0v) is 14.7. The summed E-state index contributed by atoms with van der Waals surface area (Å²) in [4.78, 5) is 16.0. The van der Waals surface area contributed by atoms with Gasteiger partial charge in [-0.1, -0.05) is 32.3 Å². The first-order valence-corrected chi connectivity index (χ1v) is 8.51. The SMILES string of the molecule is Cc1noc(COCC(=O)N[C@H]2CCC[C@H](C(C)(C)C)CC2)n1. The van der Waals surface area contributed by atoms with E-state index < -0.39 is 0 Å². The Labute approximate surface area is 138 Å². The molecule has 0 aromatic carbocycles. The minimum Gasteiger partial charge on any atom is -0.362 e. The molecule has 1 N–H and O–H groups in total. The lowest BCUT2D eigenvalue weighted by atomic mass is 9.76. The average molecular weight is 323 g/mol. The molecule has 1 aliphatic carbocycles. The van der Waals surface area contributed by atoms with E-state index in [0.717, 1.165) is 18.8 Å². The van der Waals surface area contributed by atoms with E-state index in [1.54, 1.807) is 6.92 Å². The van der Waals surface area contributed by atoms with E-state index >= 15 is 0 Å². The highest BCUT2D eigenvalue weighted by Crippen LogP contribution is 2.36. The number of hydrogen-bond donors (Lipinski definition) is 1. The summed E-state index contributed by atoms with van der Waals surface area (Å²) in [6, 6.07) is 0.268. The van der Waals surface area contributed by atoms with Crippen LogP contribution in [0.25, 0.3) is 0 Å². The maximum Gasteiger partial charge on any atom is 0.252 e. The number of amides is 1. The van der Waals surface area contributed by atoms with Crippen LogP contribution in [0, 0.1) is 18.3 Å². The van der Waals surface area contributed by atoms with Crippen molar-refractivity contribution >= 4 is 5.91 Å². The molecule has 1 heterocycles. The van der Waals surface area contributed by atoms with E-state index in [4.69, 9.17) is 9.26 Å². The first kappa shape index (κ1) is 17.9. The van der Waals surface area contributed by atoms with Crippen molar-refractivity contribution in [3.63, 3.8) is 0 Å². The second kappa shape index (κ2) is 7.90. The van der Waals surface area contributed by atoms with Gasteiger partial charge in [-0.15, -0.1) is 0 Å². The Kier molecular flexibility index (Phi) is 6.16. The summed E-state index contributed by atoms with van der Waals surface area (Å²) in [7, 11) is 0. The second-order valence-electron chi connectivity index (χ2n) is 7.56. The van der Waals surface area contributed by atoms with E-state index in [9.17, 15) is 4.79 Å². The molecule has 1 aromatic heterocycles. The van der Waals surface area contributed by atoms with Crippen molar-refractivity contribution in [2.24, 2.45) is 11.3 Å². The second-order valence-corrected chi connectivity index (χ2v) is 7.56. The molecule has 1 aromatic rings. The fourth-order valence-electron chi connectivity index (χ4n) is 3.21. The summed E-state index contributed by atoms with van der Waals surface area (Å²) in [6.07, 6.45) is 5.71. The lowest BCUT2D eigenvalue weighted by molar-refractivity contribution is -0.127. The van der Waals surface area contributed by atoms with E-state index in [1.165, 1.54) is 19.3 Å². The normalized spacial score (nSPS) is 22.6. The highest BCUT2D eigenvalue weighted by molar-refractivity contribution is 5.77. The van der Waals surface area contributed by atoms with Gasteiger partial charge in [0.2, 0.25) is 5.91 Å². The van der Waals surface area contributed by atoms with Gasteiger partial charge in [-0.25, -0.2) is 0 Å². The lowest BCUT2D eigenvalue weighted by Crippen LogP contribution is -2.37. The zero-order chi connectivity index (χ0) is 16.9. The molecule has 2 atom stereocenters. The minimum atomic E-state index is -0.0690. The third-order valence-corrected chi connectivity index (χ3v) is 4.59. The van der Waals surface area contributed by atoms with Crippen molar-refractivity contribution in [2.75, 3.05) is 6.61 Å². The Morgan fingerprint density at radius 2 is 2.09 bits per heavy atom. The van der Waals surface area contributed by atoms with Crippen LogP contribution >= 0.6 is 0 Å². The molecule has 6 nitrogen and oxygen atoms in total. The van der Waals surface area contributed by atoms with Crippen LogP contribution in [0.4, 0.5) is 0 Å². The van der Waals surface area contributed by atoms with Crippen molar-refractivity contribution in [3.8, 4) is 0 Å². The molecule has 1 saturated carbocycles. The summed E-state index contributed by atoms with van der Waals surface area (Å²) >= 11 is 0. The third kappa shape index (κ3) is 5.94. The molecule has 0 bridgehead atoms. The molecular formula is C17H29N3O3. The summed E-state index contributed by atoms with van der Waals surface area (Å²) in [5.74, 6) is 1.64. The van der Waals surface area contributed by atoms with E-state index in [2.05, 4.69) is 36.2 Å². The van der Waals surface area contributed by atoms with Gasteiger partial charge in [0, 0.05) is 6.04 Å². The van der Waals surface area contributed by atoms with Crippen molar-refractivity contribution in [1.29, 1.82) is 0 Å². The van der Waals surface area contributed by atoms with Crippen LogP contribution in [-0.2, 0) is 16.1 Å². The molecule has 0 saturated heterocycles. The topological polar surface area (TPSA) is 77.2 Å². The molecule has 0 spiro atoms. The number of aromatic nitrogens is 2. The largest absolute Gasteiger partial charge is 0.362 e. The van der Waals surface area contributed by atoms with Crippen molar-refractivity contribution in [2.45, 2.75) is 72.4 Å². The number of carbonyl (C=O) groups excluding carboxylic acids is 1. The minimum absolute atomic E-state index is 0.0284. The van der Waals surface area contributed by atoms with Gasteiger partial charge in [-0.05, 0) is 43.9 Å². The molecule has 130 valence electrons. The first-order valence-electron chi connectivity index (χ1n) is 8.51. The maximum atomic E-state index is 12.0. The van der Waals surface area contributed by atoms with Crippen LogP contribution in [0.15, 0.2) is 4.52 Å². The molecule has 0 unspecified atom stereocenters. The molecular weight excluding hydrogens is 294 g/mol. The molecule has 0 radical (unpaired) electrons. The van der Waals surface area contributed by atoms with Gasteiger partial charge in [0.05, 0.1) is 0 Å². The average Bonchev–Trinajstić information content (AvgIpc) is 2.72. The smallest absolute Gasteiger partial charge is 0.252 e.